The lowest BCUT2D eigenvalue weighted by Crippen LogP contribution is -2.31. The van der Waals surface area contributed by atoms with Crippen molar-refractivity contribution in [2.24, 2.45) is 0 Å². The highest BCUT2D eigenvalue weighted by atomic mass is 16.5. The third-order valence-corrected chi connectivity index (χ3v) is 4.40. The molecule has 0 bridgehead atoms. The predicted octanol–water partition coefficient (Wildman–Crippen LogP) is 3.07. The minimum atomic E-state index is -0.311. The molecule has 1 amide bonds. The molecule has 0 unspecified atom stereocenters. The van der Waals surface area contributed by atoms with E-state index in [4.69, 9.17) is 9.26 Å². The molecule has 2 rings (SSSR count). The second kappa shape index (κ2) is 7.03. The number of ether oxygens (including phenoxy) is 1. The number of hydrogen-bond acceptors (Lipinski definition) is 5. The van der Waals surface area contributed by atoms with Gasteiger partial charge in [-0.15, -0.1) is 0 Å². The zero-order chi connectivity index (χ0) is 18.0. The van der Waals surface area contributed by atoms with Crippen LogP contribution in [0.3, 0.4) is 0 Å². The van der Waals surface area contributed by atoms with Crippen LogP contribution in [0.5, 0.6) is 5.75 Å². The number of likely N-dealkylation sites (N-methyl/N-ethyl adjacent to an activating group) is 1. The molecule has 6 nitrogen and oxygen atoms in total. The number of pyridine rings is 1. The summed E-state index contributed by atoms with van der Waals surface area (Å²) in [7, 11) is 3.43. The molecule has 0 radical (unpaired) electrons. The van der Waals surface area contributed by atoms with Gasteiger partial charge in [0.1, 0.15) is 11.5 Å². The number of carbonyl (C=O) groups is 1. The van der Waals surface area contributed by atoms with Crippen molar-refractivity contribution in [1.82, 2.24) is 15.0 Å². The number of carbonyl (C=O) groups excluding carboxylic acids is 1. The second-order valence-electron chi connectivity index (χ2n) is 6.20. The van der Waals surface area contributed by atoms with E-state index in [9.17, 15) is 4.79 Å². The summed E-state index contributed by atoms with van der Waals surface area (Å²) in [6, 6.07) is 0. The van der Waals surface area contributed by atoms with Gasteiger partial charge >= 0.3 is 0 Å². The summed E-state index contributed by atoms with van der Waals surface area (Å²) in [5.74, 6) is 1.20. The SMILES string of the molecule is COc1c(C)cnc(CN(C)C(=O)[C@H](C)c2c(C)noc2C)c1C. The molecular formula is C18H25N3O3. The molecule has 0 aliphatic heterocycles. The third kappa shape index (κ3) is 3.27. The van der Waals surface area contributed by atoms with Crippen LogP contribution < -0.4 is 4.74 Å². The molecular weight excluding hydrogens is 306 g/mol. The molecule has 6 heteroatoms. The summed E-state index contributed by atoms with van der Waals surface area (Å²) in [5, 5.41) is 3.93. The highest BCUT2D eigenvalue weighted by Crippen LogP contribution is 2.27. The average Bonchev–Trinajstić information content (AvgIpc) is 2.88. The molecule has 0 spiro atoms. The first kappa shape index (κ1) is 18.0. The molecule has 0 saturated carbocycles. The Morgan fingerprint density at radius 2 is 2.00 bits per heavy atom. The van der Waals surface area contributed by atoms with Crippen molar-refractivity contribution in [3.63, 3.8) is 0 Å². The molecule has 0 aliphatic rings. The van der Waals surface area contributed by atoms with E-state index in [1.807, 2.05) is 34.6 Å². The van der Waals surface area contributed by atoms with Crippen molar-refractivity contribution in [2.75, 3.05) is 14.2 Å². The van der Waals surface area contributed by atoms with Crippen LogP contribution in [-0.2, 0) is 11.3 Å². The normalized spacial score (nSPS) is 12.1. The Balaban J connectivity index is 2.21. The molecule has 0 fully saturated rings. The van der Waals surface area contributed by atoms with Crippen molar-refractivity contribution >= 4 is 5.91 Å². The molecule has 0 aromatic carbocycles. The first-order chi connectivity index (χ1) is 11.3. The largest absolute Gasteiger partial charge is 0.496 e. The quantitative estimate of drug-likeness (QED) is 0.842. The van der Waals surface area contributed by atoms with Crippen molar-refractivity contribution < 1.29 is 14.1 Å². The van der Waals surface area contributed by atoms with Crippen molar-refractivity contribution in [3.8, 4) is 5.75 Å². The van der Waals surface area contributed by atoms with E-state index in [1.54, 1.807) is 25.3 Å². The van der Waals surface area contributed by atoms with Gasteiger partial charge in [-0.25, -0.2) is 0 Å². The van der Waals surface area contributed by atoms with Crippen LogP contribution in [0.2, 0.25) is 0 Å². The standard InChI is InChI=1S/C18H25N3O3/c1-10-8-19-15(11(2)17(10)23-7)9-21(6)18(22)12(3)16-13(4)20-24-14(16)5/h8,12H,9H2,1-7H3/t12-/m1/s1. The molecule has 1 atom stereocenters. The van der Waals surface area contributed by atoms with Crippen LogP contribution >= 0.6 is 0 Å². The van der Waals surface area contributed by atoms with Gasteiger partial charge in [-0.05, 0) is 34.6 Å². The lowest BCUT2D eigenvalue weighted by Gasteiger charge is -2.22. The van der Waals surface area contributed by atoms with Crippen LogP contribution in [0.15, 0.2) is 10.7 Å². The fraction of sp³-hybridized carbons (Fsp3) is 0.500. The maximum absolute atomic E-state index is 12.8. The molecule has 0 saturated heterocycles. The van der Waals surface area contributed by atoms with Gasteiger partial charge < -0.3 is 14.2 Å². The van der Waals surface area contributed by atoms with E-state index in [1.165, 1.54) is 0 Å². The number of hydrogen-bond donors (Lipinski definition) is 0. The highest BCUT2D eigenvalue weighted by molar-refractivity contribution is 5.83. The van der Waals surface area contributed by atoms with Gasteiger partial charge in [-0.1, -0.05) is 5.16 Å². The average molecular weight is 331 g/mol. The zero-order valence-electron chi connectivity index (χ0n) is 15.4. The van der Waals surface area contributed by atoms with Crippen molar-refractivity contribution in [3.05, 3.63) is 40.0 Å². The number of nitrogens with zero attached hydrogens (tertiary/aromatic N) is 3. The fourth-order valence-electron chi connectivity index (χ4n) is 3.10. The Morgan fingerprint density at radius 1 is 1.33 bits per heavy atom. The van der Waals surface area contributed by atoms with Crippen LogP contribution in [0.4, 0.5) is 0 Å². The minimum absolute atomic E-state index is 0.00476. The van der Waals surface area contributed by atoms with E-state index in [0.717, 1.165) is 33.8 Å². The Kier molecular flexibility index (Phi) is 5.26. The maximum atomic E-state index is 12.8. The predicted molar refractivity (Wildman–Crippen MR) is 91.1 cm³/mol. The monoisotopic (exact) mass is 331 g/mol. The van der Waals surface area contributed by atoms with Crippen LogP contribution in [0, 0.1) is 27.7 Å². The number of amides is 1. The molecule has 2 aromatic rings. The van der Waals surface area contributed by atoms with Gasteiger partial charge in [-0.2, -0.15) is 0 Å². The summed E-state index contributed by atoms with van der Waals surface area (Å²) < 4.78 is 10.6. The summed E-state index contributed by atoms with van der Waals surface area (Å²) in [6.07, 6.45) is 1.78. The number of aromatic nitrogens is 2. The lowest BCUT2D eigenvalue weighted by molar-refractivity contribution is -0.131. The van der Waals surface area contributed by atoms with E-state index >= 15 is 0 Å². The van der Waals surface area contributed by atoms with Gasteiger partial charge in [-0.3, -0.25) is 9.78 Å². The summed E-state index contributed by atoms with van der Waals surface area (Å²) in [4.78, 5) is 18.9. The lowest BCUT2D eigenvalue weighted by atomic mass is 9.98. The van der Waals surface area contributed by atoms with Crippen molar-refractivity contribution in [1.29, 1.82) is 0 Å². The first-order valence-electron chi connectivity index (χ1n) is 7.94. The Morgan fingerprint density at radius 3 is 2.54 bits per heavy atom. The van der Waals surface area contributed by atoms with Gasteiger partial charge in [0.25, 0.3) is 0 Å². The van der Waals surface area contributed by atoms with Crippen molar-refractivity contribution in [2.45, 2.75) is 47.1 Å². The topological polar surface area (TPSA) is 68.5 Å². The molecule has 130 valence electrons. The van der Waals surface area contributed by atoms with Crippen LogP contribution in [0.1, 0.15) is 46.7 Å². The summed E-state index contributed by atoms with van der Waals surface area (Å²) in [6.45, 7) is 9.90. The van der Waals surface area contributed by atoms with E-state index in [-0.39, 0.29) is 11.8 Å². The van der Waals surface area contributed by atoms with Gasteiger partial charge in [0.15, 0.2) is 0 Å². The Labute approximate surface area is 142 Å². The number of aryl methyl sites for hydroxylation is 3. The summed E-state index contributed by atoms with van der Waals surface area (Å²) in [5.41, 5.74) is 4.39. The van der Waals surface area contributed by atoms with Gasteiger partial charge in [0.05, 0.1) is 31.0 Å². The fourth-order valence-corrected chi connectivity index (χ4v) is 3.10. The second-order valence-corrected chi connectivity index (χ2v) is 6.20. The van der Waals surface area contributed by atoms with Gasteiger partial charge in [0, 0.05) is 29.9 Å². The molecule has 0 aliphatic carbocycles. The molecule has 2 aromatic heterocycles. The van der Waals surface area contributed by atoms with E-state index in [2.05, 4.69) is 10.1 Å². The molecule has 2 heterocycles. The van der Waals surface area contributed by atoms with Crippen LogP contribution in [0.25, 0.3) is 0 Å². The highest BCUT2D eigenvalue weighted by Gasteiger charge is 2.26. The van der Waals surface area contributed by atoms with Gasteiger partial charge in [0.2, 0.25) is 5.91 Å². The zero-order valence-corrected chi connectivity index (χ0v) is 15.4. The summed E-state index contributed by atoms with van der Waals surface area (Å²) >= 11 is 0. The molecule has 0 N–H and O–H groups in total. The van der Waals surface area contributed by atoms with Crippen LogP contribution in [-0.4, -0.2) is 35.1 Å². The van der Waals surface area contributed by atoms with E-state index in [0.29, 0.717) is 12.3 Å². The Bertz CT molecular complexity index is 733. The number of rotatable bonds is 5. The third-order valence-electron chi connectivity index (χ3n) is 4.40. The number of methoxy groups -OCH3 is 1. The minimum Gasteiger partial charge on any atom is -0.496 e. The Hall–Kier alpha value is -2.37. The van der Waals surface area contributed by atoms with E-state index < -0.39 is 0 Å². The first-order valence-corrected chi connectivity index (χ1v) is 7.94. The maximum Gasteiger partial charge on any atom is 0.230 e. The smallest absolute Gasteiger partial charge is 0.230 e. The molecule has 24 heavy (non-hydrogen) atoms.